The highest BCUT2D eigenvalue weighted by molar-refractivity contribution is 5.89. The zero-order valence-corrected chi connectivity index (χ0v) is 20.8. The third kappa shape index (κ3) is 6.29. The van der Waals surface area contributed by atoms with E-state index in [1.165, 1.54) is 5.56 Å². The summed E-state index contributed by atoms with van der Waals surface area (Å²) in [4.78, 5) is 29.7. The fraction of sp³-hybridized carbons (Fsp3) is 0.481. The number of methoxy groups -OCH3 is 2. The molecule has 2 aromatic rings. The number of nitrogens with zero attached hydrogens (tertiary/aromatic N) is 2. The molecule has 2 amide bonds. The molecule has 2 aromatic carbocycles. The Bertz CT molecular complexity index is 946. The highest BCUT2D eigenvalue weighted by atomic mass is 16.5. The predicted octanol–water partition coefficient (Wildman–Crippen LogP) is 3.29. The molecule has 2 atom stereocenters. The quantitative estimate of drug-likeness (QED) is 0.519. The third-order valence-electron chi connectivity index (χ3n) is 6.61. The van der Waals surface area contributed by atoms with Gasteiger partial charge in [0.05, 0.1) is 26.2 Å². The van der Waals surface area contributed by atoms with Crippen LogP contribution >= 0.6 is 0 Å². The Balaban J connectivity index is 1.56. The fourth-order valence-corrected chi connectivity index (χ4v) is 4.60. The monoisotopic (exact) mass is 467 g/mol. The summed E-state index contributed by atoms with van der Waals surface area (Å²) in [6.45, 7) is 7.63. The van der Waals surface area contributed by atoms with Gasteiger partial charge in [0.25, 0.3) is 0 Å². The van der Waals surface area contributed by atoms with Crippen molar-refractivity contribution in [3.05, 3.63) is 59.7 Å². The van der Waals surface area contributed by atoms with Gasteiger partial charge in [-0.05, 0) is 42.8 Å². The van der Waals surface area contributed by atoms with E-state index < -0.39 is 0 Å². The lowest BCUT2D eigenvalue weighted by Gasteiger charge is -2.30. The molecule has 3 rings (SSSR count). The lowest BCUT2D eigenvalue weighted by Crippen LogP contribution is -2.40. The van der Waals surface area contributed by atoms with Gasteiger partial charge in [0.1, 0.15) is 0 Å². The highest BCUT2D eigenvalue weighted by Gasteiger charge is 2.34. The second-order valence-electron chi connectivity index (χ2n) is 8.57. The number of hydrogen-bond acceptors (Lipinski definition) is 5. The Hall–Kier alpha value is -3.06. The van der Waals surface area contributed by atoms with Gasteiger partial charge in [-0.1, -0.05) is 50.2 Å². The molecule has 184 valence electrons. The van der Waals surface area contributed by atoms with E-state index in [0.717, 1.165) is 18.7 Å². The Labute approximate surface area is 203 Å². The van der Waals surface area contributed by atoms with E-state index in [0.29, 0.717) is 37.6 Å². The molecule has 0 aromatic heterocycles. The van der Waals surface area contributed by atoms with E-state index in [1.54, 1.807) is 19.1 Å². The lowest BCUT2D eigenvalue weighted by molar-refractivity contribution is -0.129. The maximum Gasteiger partial charge on any atom is 0.225 e. The van der Waals surface area contributed by atoms with Crippen LogP contribution in [-0.2, 0) is 16.0 Å². The van der Waals surface area contributed by atoms with Crippen LogP contribution < -0.4 is 14.8 Å². The number of likely N-dealkylation sites (N-methyl/N-ethyl adjacent to an activating group) is 1. The van der Waals surface area contributed by atoms with E-state index in [9.17, 15) is 9.59 Å². The standard InChI is InChI=1S/C27H37N3O4/c1-5-29(6-2)23(21-10-8-7-9-11-21)18-28-27(32)22-17-26(31)30(19-22)15-14-20-12-13-24(33-3)25(16-20)34-4/h7-13,16,22-23H,5-6,14-15,17-19H2,1-4H3,(H,28,32). The van der Waals surface area contributed by atoms with Gasteiger partial charge >= 0.3 is 0 Å². The average Bonchev–Trinajstić information content (AvgIpc) is 3.25. The summed E-state index contributed by atoms with van der Waals surface area (Å²) in [7, 11) is 3.22. The van der Waals surface area contributed by atoms with Crippen LogP contribution in [0, 0.1) is 5.92 Å². The normalized spacial score (nSPS) is 16.6. The first-order valence-corrected chi connectivity index (χ1v) is 12.1. The Morgan fingerprint density at radius 2 is 1.79 bits per heavy atom. The maximum absolute atomic E-state index is 13.0. The van der Waals surface area contributed by atoms with E-state index in [2.05, 4.69) is 36.2 Å². The van der Waals surface area contributed by atoms with Crippen LogP contribution in [0.3, 0.4) is 0 Å². The zero-order chi connectivity index (χ0) is 24.5. The fourth-order valence-electron chi connectivity index (χ4n) is 4.60. The number of carbonyl (C=O) groups is 2. The van der Waals surface area contributed by atoms with Crippen LogP contribution in [0.1, 0.15) is 37.4 Å². The van der Waals surface area contributed by atoms with Crippen LogP contribution in [-0.4, -0.2) is 68.6 Å². The average molecular weight is 468 g/mol. The molecule has 0 radical (unpaired) electrons. The van der Waals surface area contributed by atoms with E-state index in [4.69, 9.17) is 9.47 Å². The number of rotatable bonds is 12. The van der Waals surface area contributed by atoms with Crippen molar-refractivity contribution in [1.82, 2.24) is 15.1 Å². The maximum atomic E-state index is 13.0. The number of hydrogen-bond donors (Lipinski definition) is 1. The summed E-state index contributed by atoms with van der Waals surface area (Å²) in [6, 6.07) is 16.1. The molecule has 1 saturated heterocycles. The van der Waals surface area contributed by atoms with Crippen molar-refractivity contribution in [2.75, 3.05) is 46.9 Å². The highest BCUT2D eigenvalue weighted by Crippen LogP contribution is 2.28. The molecule has 1 aliphatic heterocycles. The lowest BCUT2D eigenvalue weighted by atomic mass is 10.0. The molecule has 0 aliphatic carbocycles. The Kier molecular flexibility index (Phi) is 9.33. The zero-order valence-electron chi connectivity index (χ0n) is 20.8. The summed E-state index contributed by atoms with van der Waals surface area (Å²) in [5.74, 6) is 1.02. The summed E-state index contributed by atoms with van der Waals surface area (Å²) < 4.78 is 10.7. The van der Waals surface area contributed by atoms with Gasteiger partial charge in [0.15, 0.2) is 11.5 Å². The summed E-state index contributed by atoms with van der Waals surface area (Å²) in [5, 5.41) is 3.13. The van der Waals surface area contributed by atoms with Gasteiger partial charge in [0.2, 0.25) is 11.8 Å². The van der Waals surface area contributed by atoms with Crippen molar-refractivity contribution < 1.29 is 19.1 Å². The molecule has 34 heavy (non-hydrogen) atoms. The largest absolute Gasteiger partial charge is 0.493 e. The van der Waals surface area contributed by atoms with E-state index in [-0.39, 0.29) is 30.2 Å². The van der Waals surface area contributed by atoms with Crippen molar-refractivity contribution in [3.8, 4) is 11.5 Å². The molecule has 1 fully saturated rings. The van der Waals surface area contributed by atoms with Crippen LogP contribution in [0.25, 0.3) is 0 Å². The first-order chi connectivity index (χ1) is 16.5. The number of nitrogens with one attached hydrogen (secondary N) is 1. The predicted molar refractivity (Wildman–Crippen MR) is 133 cm³/mol. The molecule has 1 N–H and O–H groups in total. The number of carbonyl (C=O) groups excluding carboxylic acids is 2. The van der Waals surface area contributed by atoms with Gasteiger partial charge in [-0.25, -0.2) is 0 Å². The molecular weight excluding hydrogens is 430 g/mol. The van der Waals surface area contributed by atoms with Crippen molar-refractivity contribution in [2.45, 2.75) is 32.7 Å². The van der Waals surface area contributed by atoms with E-state index >= 15 is 0 Å². The molecule has 0 saturated carbocycles. The summed E-state index contributed by atoms with van der Waals surface area (Å²) >= 11 is 0. The number of benzene rings is 2. The SMILES string of the molecule is CCN(CC)C(CNC(=O)C1CC(=O)N(CCc2ccc(OC)c(OC)c2)C1)c1ccccc1. The Morgan fingerprint density at radius 3 is 2.44 bits per heavy atom. The van der Waals surface area contributed by atoms with Crippen molar-refractivity contribution in [2.24, 2.45) is 5.92 Å². The minimum Gasteiger partial charge on any atom is -0.493 e. The van der Waals surface area contributed by atoms with Crippen molar-refractivity contribution in [3.63, 3.8) is 0 Å². The molecule has 1 heterocycles. The van der Waals surface area contributed by atoms with Crippen LogP contribution in [0.5, 0.6) is 11.5 Å². The van der Waals surface area contributed by atoms with Crippen molar-refractivity contribution in [1.29, 1.82) is 0 Å². The first-order valence-electron chi connectivity index (χ1n) is 12.1. The first kappa shape index (κ1) is 25.6. The molecule has 7 heteroatoms. The van der Waals surface area contributed by atoms with Crippen LogP contribution in [0.15, 0.2) is 48.5 Å². The second kappa shape index (κ2) is 12.4. The molecule has 0 spiro atoms. The number of likely N-dealkylation sites (tertiary alicyclic amines) is 1. The molecule has 2 unspecified atom stereocenters. The minimum absolute atomic E-state index is 0.0315. The van der Waals surface area contributed by atoms with Gasteiger partial charge in [-0.2, -0.15) is 0 Å². The molecule has 7 nitrogen and oxygen atoms in total. The summed E-state index contributed by atoms with van der Waals surface area (Å²) in [5.41, 5.74) is 2.24. The van der Waals surface area contributed by atoms with Gasteiger partial charge < -0.3 is 19.7 Å². The van der Waals surface area contributed by atoms with Gasteiger partial charge in [-0.3, -0.25) is 14.5 Å². The van der Waals surface area contributed by atoms with Crippen LogP contribution in [0.2, 0.25) is 0 Å². The summed E-state index contributed by atoms with van der Waals surface area (Å²) in [6.07, 6.45) is 0.956. The van der Waals surface area contributed by atoms with Gasteiger partial charge in [0, 0.05) is 26.1 Å². The Morgan fingerprint density at radius 1 is 1.09 bits per heavy atom. The number of ether oxygens (including phenoxy) is 2. The van der Waals surface area contributed by atoms with Crippen LogP contribution in [0.4, 0.5) is 0 Å². The molecule has 0 bridgehead atoms. The third-order valence-corrected chi connectivity index (χ3v) is 6.61. The minimum atomic E-state index is -0.314. The molecule has 1 aliphatic rings. The molecular formula is C27H37N3O4. The smallest absolute Gasteiger partial charge is 0.225 e. The van der Waals surface area contributed by atoms with E-state index in [1.807, 2.05) is 36.4 Å². The van der Waals surface area contributed by atoms with Gasteiger partial charge in [-0.15, -0.1) is 0 Å². The second-order valence-corrected chi connectivity index (χ2v) is 8.57. The number of amides is 2. The topological polar surface area (TPSA) is 71.1 Å². The van der Waals surface area contributed by atoms with Crippen molar-refractivity contribution >= 4 is 11.8 Å².